The van der Waals surface area contributed by atoms with Gasteiger partial charge in [-0.15, -0.1) is 10.2 Å². The summed E-state index contributed by atoms with van der Waals surface area (Å²) in [5, 5.41) is 21.5. The van der Waals surface area contributed by atoms with Gasteiger partial charge in [-0.2, -0.15) is 5.26 Å². The quantitative estimate of drug-likeness (QED) is 0.845. The minimum atomic E-state index is -0.204. The highest BCUT2D eigenvalue weighted by Crippen LogP contribution is 2.23. The fourth-order valence-electron chi connectivity index (χ4n) is 2.60. The van der Waals surface area contributed by atoms with Crippen molar-refractivity contribution in [2.45, 2.75) is 37.4 Å². The molecule has 0 saturated heterocycles. The van der Waals surface area contributed by atoms with Crippen molar-refractivity contribution < 1.29 is 4.79 Å². The lowest BCUT2D eigenvalue weighted by atomic mass is 10.2. The molecule has 8 heteroatoms. The predicted octanol–water partition coefficient (Wildman–Crippen LogP) is 3.26. The van der Waals surface area contributed by atoms with Gasteiger partial charge in [0.25, 0.3) is 0 Å². The molecule has 24 heavy (non-hydrogen) atoms. The first kappa shape index (κ1) is 16.8. The molecule has 3 rings (SSSR count). The maximum absolute atomic E-state index is 12.2. The van der Waals surface area contributed by atoms with E-state index in [1.165, 1.54) is 18.2 Å². The second-order valence-corrected chi connectivity index (χ2v) is 6.88. The molecule has 0 saturated carbocycles. The molecule has 0 aliphatic carbocycles. The number of thioether (sulfide) groups is 1. The summed E-state index contributed by atoms with van der Waals surface area (Å²) in [5.41, 5.74) is 0.810. The van der Waals surface area contributed by atoms with Crippen LogP contribution < -0.4 is 5.32 Å². The van der Waals surface area contributed by atoms with E-state index in [0.717, 1.165) is 36.8 Å². The van der Waals surface area contributed by atoms with Gasteiger partial charge in [-0.1, -0.05) is 29.8 Å². The lowest BCUT2D eigenvalue weighted by molar-refractivity contribution is -0.113. The van der Waals surface area contributed by atoms with Crippen LogP contribution in [-0.2, 0) is 17.8 Å². The van der Waals surface area contributed by atoms with Crippen LogP contribution in [0, 0.1) is 11.3 Å². The van der Waals surface area contributed by atoms with E-state index in [2.05, 4.69) is 20.1 Å². The lowest BCUT2D eigenvalue weighted by Gasteiger charge is -2.08. The minimum Gasteiger partial charge on any atom is -0.324 e. The molecular weight excluding hydrogens is 346 g/mol. The molecule has 0 bridgehead atoms. The highest BCUT2D eigenvalue weighted by Gasteiger charge is 2.16. The number of nitrogens with zero attached hydrogens (tertiary/aromatic N) is 4. The van der Waals surface area contributed by atoms with Crippen LogP contribution in [0.15, 0.2) is 23.4 Å². The third-order valence-corrected chi connectivity index (χ3v) is 4.99. The number of carbonyl (C=O) groups excluding carboxylic acids is 1. The number of amides is 1. The minimum absolute atomic E-state index is 0.204. The smallest absolute Gasteiger partial charge is 0.234 e. The Kier molecular flexibility index (Phi) is 5.38. The number of nitriles is 1. The second kappa shape index (κ2) is 7.69. The summed E-state index contributed by atoms with van der Waals surface area (Å²) in [4.78, 5) is 12.2. The van der Waals surface area contributed by atoms with Gasteiger partial charge in [0.2, 0.25) is 5.91 Å². The number of benzene rings is 1. The van der Waals surface area contributed by atoms with E-state index in [1.807, 2.05) is 6.07 Å². The Bertz CT molecular complexity index is 798. The molecule has 0 fully saturated rings. The topological polar surface area (TPSA) is 83.6 Å². The molecule has 1 N–H and O–H groups in total. The third-order valence-electron chi connectivity index (χ3n) is 3.78. The average molecular weight is 362 g/mol. The number of aromatic nitrogens is 3. The zero-order valence-corrected chi connectivity index (χ0v) is 14.5. The Labute approximate surface area is 149 Å². The molecule has 6 nitrogen and oxygen atoms in total. The van der Waals surface area contributed by atoms with E-state index in [4.69, 9.17) is 16.9 Å². The van der Waals surface area contributed by atoms with E-state index in [0.29, 0.717) is 16.3 Å². The van der Waals surface area contributed by atoms with Gasteiger partial charge in [0.05, 0.1) is 17.0 Å². The van der Waals surface area contributed by atoms with Gasteiger partial charge in [-0.25, -0.2) is 0 Å². The molecule has 0 radical (unpaired) electrons. The molecule has 0 spiro atoms. The molecule has 0 atom stereocenters. The van der Waals surface area contributed by atoms with Crippen molar-refractivity contribution in [1.29, 1.82) is 5.26 Å². The highest BCUT2D eigenvalue weighted by atomic mass is 35.5. The van der Waals surface area contributed by atoms with Gasteiger partial charge >= 0.3 is 0 Å². The maximum atomic E-state index is 12.2. The Hall–Kier alpha value is -2.04. The standard InChI is InChI=1S/C16H16ClN5OS/c17-12-6-5-11(9-18)13(8-12)19-15(23)10-24-16-21-20-14-4-2-1-3-7-22(14)16/h5-6,8H,1-4,7,10H2,(H,19,23). The Morgan fingerprint density at radius 3 is 3.08 bits per heavy atom. The van der Waals surface area contributed by atoms with E-state index in [-0.39, 0.29) is 11.7 Å². The number of hydrogen-bond donors (Lipinski definition) is 1. The van der Waals surface area contributed by atoms with E-state index >= 15 is 0 Å². The number of halogens is 1. The van der Waals surface area contributed by atoms with Crippen molar-refractivity contribution in [2.75, 3.05) is 11.1 Å². The van der Waals surface area contributed by atoms with Gasteiger partial charge in [0, 0.05) is 18.0 Å². The number of anilines is 1. The first-order valence-corrected chi connectivity index (χ1v) is 9.08. The van der Waals surface area contributed by atoms with E-state index < -0.39 is 0 Å². The molecule has 0 unspecified atom stereocenters. The fraction of sp³-hybridized carbons (Fsp3) is 0.375. The van der Waals surface area contributed by atoms with Crippen LogP contribution in [-0.4, -0.2) is 26.4 Å². The van der Waals surface area contributed by atoms with Crippen LogP contribution in [0.1, 0.15) is 30.7 Å². The van der Waals surface area contributed by atoms with Crippen molar-refractivity contribution in [3.8, 4) is 6.07 Å². The number of rotatable bonds is 4. The van der Waals surface area contributed by atoms with Gasteiger partial charge in [-0.3, -0.25) is 4.79 Å². The molecule has 1 aliphatic rings. The summed E-state index contributed by atoms with van der Waals surface area (Å²) in [6.07, 6.45) is 4.38. The number of fused-ring (bicyclic) bond motifs is 1. The molecule has 1 aliphatic heterocycles. The number of hydrogen-bond acceptors (Lipinski definition) is 5. The predicted molar refractivity (Wildman–Crippen MR) is 93.1 cm³/mol. The normalized spacial score (nSPS) is 13.7. The first-order chi connectivity index (χ1) is 11.7. The molecule has 2 aromatic rings. The molecule has 1 aromatic carbocycles. The lowest BCUT2D eigenvalue weighted by Crippen LogP contribution is -2.15. The van der Waals surface area contributed by atoms with Crippen molar-refractivity contribution in [2.24, 2.45) is 0 Å². The van der Waals surface area contributed by atoms with Crippen LogP contribution in [0.3, 0.4) is 0 Å². The van der Waals surface area contributed by atoms with Gasteiger partial charge in [-0.05, 0) is 31.0 Å². The van der Waals surface area contributed by atoms with Gasteiger partial charge in [0.1, 0.15) is 11.9 Å². The Morgan fingerprint density at radius 2 is 2.25 bits per heavy atom. The van der Waals surface area contributed by atoms with Crippen molar-refractivity contribution >= 4 is 35.0 Å². The van der Waals surface area contributed by atoms with Crippen molar-refractivity contribution in [3.63, 3.8) is 0 Å². The van der Waals surface area contributed by atoms with Crippen molar-refractivity contribution in [1.82, 2.24) is 14.8 Å². The average Bonchev–Trinajstić information content (AvgIpc) is 2.80. The summed E-state index contributed by atoms with van der Waals surface area (Å²) < 4.78 is 2.10. The summed E-state index contributed by atoms with van der Waals surface area (Å²) in [6, 6.07) is 6.82. The molecular formula is C16H16ClN5OS. The summed E-state index contributed by atoms with van der Waals surface area (Å²) in [5.74, 6) is 0.997. The van der Waals surface area contributed by atoms with Crippen LogP contribution in [0.2, 0.25) is 5.02 Å². The summed E-state index contributed by atoms with van der Waals surface area (Å²) in [7, 11) is 0. The van der Waals surface area contributed by atoms with Crippen LogP contribution >= 0.6 is 23.4 Å². The number of aryl methyl sites for hydroxylation is 1. The zero-order valence-electron chi connectivity index (χ0n) is 13.0. The van der Waals surface area contributed by atoms with E-state index in [9.17, 15) is 4.79 Å². The Balaban J connectivity index is 1.64. The maximum Gasteiger partial charge on any atom is 0.234 e. The first-order valence-electron chi connectivity index (χ1n) is 7.72. The zero-order chi connectivity index (χ0) is 16.9. The Morgan fingerprint density at radius 1 is 1.38 bits per heavy atom. The summed E-state index contributed by atoms with van der Waals surface area (Å²) >= 11 is 7.28. The van der Waals surface area contributed by atoms with E-state index in [1.54, 1.807) is 18.2 Å². The van der Waals surface area contributed by atoms with Crippen LogP contribution in [0.25, 0.3) is 0 Å². The molecule has 1 aromatic heterocycles. The largest absolute Gasteiger partial charge is 0.324 e. The van der Waals surface area contributed by atoms with Crippen molar-refractivity contribution in [3.05, 3.63) is 34.6 Å². The number of nitrogens with one attached hydrogen (secondary N) is 1. The fourth-order valence-corrected chi connectivity index (χ4v) is 3.55. The third kappa shape index (κ3) is 3.89. The SMILES string of the molecule is N#Cc1ccc(Cl)cc1NC(=O)CSc1nnc2n1CCCCC2. The van der Waals surface area contributed by atoms with Gasteiger partial charge in [0.15, 0.2) is 5.16 Å². The second-order valence-electron chi connectivity index (χ2n) is 5.50. The highest BCUT2D eigenvalue weighted by molar-refractivity contribution is 7.99. The van der Waals surface area contributed by atoms with Crippen LogP contribution in [0.5, 0.6) is 0 Å². The molecule has 1 amide bonds. The van der Waals surface area contributed by atoms with Crippen LogP contribution in [0.4, 0.5) is 5.69 Å². The summed E-state index contributed by atoms with van der Waals surface area (Å²) in [6.45, 7) is 0.902. The molecule has 2 heterocycles. The number of carbonyl (C=O) groups is 1. The molecule has 124 valence electrons. The van der Waals surface area contributed by atoms with Gasteiger partial charge < -0.3 is 9.88 Å². The monoisotopic (exact) mass is 361 g/mol.